The summed E-state index contributed by atoms with van der Waals surface area (Å²) in [6.45, 7) is 4.88. The third kappa shape index (κ3) is 2.38. The summed E-state index contributed by atoms with van der Waals surface area (Å²) in [6.07, 6.45) is 3.66. The van der Waals surface area contributed by atoms with E-state index in [0.29, 0.717) is 12.0 Å². The van der Waals surface area contributed by atoms with Gasteiger partial charge in [0, 0.05) is 11.9 Å². The summed E-state index contributed by atoms with van der Waals surface area (Å²) in [5, 5.41) is 9.64. The third-order valence-corrected chi connectivity index (χ3v) is 4.36. The molecule has 0 saturated carbocycles. The van der Waals surface area contributed by atoms with Crippen LogP contribution in [0.2, 0.25) is 0 Å². The Morgan fingerprint density at radius 3 is 2.73 bits per heavy atom. The van der Waals surface area contributed by atoms with Crippen LogP contribution in [0.3, 0.4) is 0 Å². The predicted molar refractivity (Wildman–Crippen MR) is 51.0 cm³/mol. The van der Waals surface area contributed by atoms with E-state index in [9.17, 15) is 0 Å². The lowest BCUT2D eigenvalue weighted by molar-refractivity contribution is 0.206. The Morgan fingerprint density at radius 2 is 2.27 bits per heavy atom. The zero-order valence-electron chi connectivity index (χ0n) is 7.47. The topological polar surface area (TPSA) is 20.2 Å². The molecule has 0 amide bonds. The molecule has 1 unspecified atom stereocenters. The maximum Gasteiger partial charge on any atom is 0.0436 e. The van der Waals surface area contributed by atoms with Gasteiger partial charge in [0.1, 0.15) is 0 Å². The first kappa shape index (κ1) is 9.40. The van der Waals surface area contributed by atoms with Gasteiger partial charge < -0.3 is 5.11 Å². The van der Waals surface area contributed by atoms with Gasteiger partial charge in [0.05, 0.1) is 0 Å². The largest absolute Gasteiger partial charge is 0.396 e. The van der Waals surface area contributed by atoms with E-state index in [1.54, 1.807) is 0 Å². The molecule has 0 aromatic rings. The normalized spacial score (nSPS) is 25.9. The first-order chi connectivity index (χ1) is 5.17. The van der Waals surface area contributed by atoms with Crippen LogP contribution in [0, 0.1) is 5.41 Å². The summed E-state index contributed by atoms with van der Waals surface area (Å²) in [4.78, 5) is 0. The first-order valence-corrected chi connectivity index (χ1v) is 5.44. The molecular weight excluding hydrogens is 156 g/mol. The number of hydrogen-bond acceptors (Lipinski definition) is 2. The first-order valence-electron chi connectivity index (χ1n) is 4.39. The summed E-state index contributed by atoms with van der Waals surface area (Å²) in [5.41, 5.74) is 0.343. The molecule has 0 aromatic heterocycles. The van der Waals surface area contributed by atoms with Crippen molar-refractivity contribution in [2.45, 2.75) is 38.4 Å². The fourth-order valence-electron chi connectivity index (χ4n) is 1.64. The van der Waals surface area contributed by atoms with Crippen LogP contribution in [-0.4, -0.2) is 22.7 Å². The second kappa shape index (κ2) is 3.81. The fourth-order valence-corrected chi connectivity index (χ4v) is 3.16. The molecular formula is C9H18OS. The monoisotopic (exact) mass is 174 g/mol. The Kier molecular flexibility index (Phi) is 3.26. The van der Waals surface area contributed by atoms with Gasteiger partial charge in [-0.05, 0) is 30.4 Å². The van der Waals surface area contributed by atoms with Crippen LogP contribution in [0.1, 0.15) is 33.1 Å². The number of thioether (sulfide) groups is 1. The summed E-state index contributed by atoms with van der Waals surface area (Å²) >= 11 is 2.08. The van der Waals surface area contributed by atoms with Crippen molar-refractivity contribution in [1.82, 2.24) is 0 Å². The van der Waals surface area contributed by atoms with Gasteiger partial charge in [-0.3, -0.25) is 0 Å². The van der Waals surface area contributed by atoms with Crippen LogP contribution in [0.5, 0.6) is 0 Å². The molecule has 0 radical (unpaired) electrons. The number of aliphatic hydroxyl groups is 1. The minimum Gasteiger partial charge on any atom is -0.396 e. The van der Waals surface area contributed by atoms with E-state index in [2.05, 4.69) is 25.6 Å². The Morgan fingerprint density at radius 1 is 1.55 bits per heavy atom. The molecule has 1 rings (SSSR count). The maximum absolute atomic E-state index is 8.85. The highest BCUT2D eigenvalue weighted by molar-refractivity contribution is 8.00. The van der Waals surface area contributed by atoms with Crippen molar-refractivity contribution in [1.29, 1.82) is 0 Å². The molecule has 1 saturated heterocycles. The minimum absolute atomic E-state index is 0.337. The van der Waals surface area contributed by atoms with Crippen molar-refractivity contribution in [3.8, 4) is 0 Å². The Labute approximate surface area is 73.6 Å². The van der Waals surface area contributed by atoms with Crippen molar-refractivity contribution >= 4 is 11.8 Å². The third-order valence-electron chi connectivity index (χ3n) is 2.56. The maximum atomic E-state index is 8.85. The molecule has 1 heterocycles. The Hall–Kier alpha value is 0.310. The lowest BCUT2D eigenvalue weighted by Crippen LogP contribution is -2.25. The van der Waals surface area contributed by atoms with Gasteiger partial charge in [-0.25, -0.2) is 0 Å². The Balaban J connectivity index is 2.41. The van der Waals surface area contributed by atoms with Crippen LogP contribution >= 0.6 is 11.8 Å². The van der Waals surface area contributed by atoms with Gasteiger partial charge in [-0.1, -0.05) is 13.8 Å². The molecule has 0 aromatic carbocycles. The zero-order valence-corrected chi connectivity index (χ0v) is 8.28. The second-order valence-corrected chi connectivity index (χ2v) is 5.27. The van der Waals surface area contributed by atoms with Crippen molar-refractivity contribution < 1.29 is 5.11 Å². The molecule has 0 aliphatic carbocycles. The molecule has 66 valence electrons. The van der Waals surface area contributed by atoms with E-state index < -0.39 is 0 Å². The van der Waals surface area contributed by atoms with Gasteiger partial charge in [-0.2, -0.15) is 11.8 Å². The summed E-state index contributed by atoms with van der Waals surface area (Å²) in [6, 6.07) is 0. The zero-order chi connectivity index (χ0) is 8.32. The standard InChI is InChI=1S/C9H18OS/c1-9(2,5-6-10)8-4-3-7-11-8/h8,10H,3-7H2,1-2H3. The van der Waals surface area contributed by atoms with E-state index in [1.165, 1.54) is 18.6 Å². The van der Waals surface area contributed by atoms with E-state index in [0.717, 1.165) is 11.7 Å². The van der Waals surface area contributed by atoms with Crippen molar-refractivity contribution in [2.75, 3.05) is 12.4 Å². The lowest BCUT2D eigenvalue weighted by Gasteiger charge is -2.30. The van der Waals surface area contributed by atoms with Gasteiger partial charge in [-0.15, -0.1) is 0 Å². The highest BCUT2D eigenvalue weighted by atomic mass is 32.2. The fraction of sp³-hybridized carbons (Fsp3) is 1.00. The van der Waals surface area contributed by atoms with Crippen molar-refractivity contribution in [3.05, 3.63) is 0 Å². The van der Waals surface area contributed by atoms with Crippen LogP contribution in [0.4, 0.5) is 0 Å². The van der Waals surface area contributed by atoms with Gasteiger partial charge in [0.2, 0.25) is 0 Å². The molecule has 1 fully saturated rings. The van der Waals surface area contributed by atoms with E-state index in [1.807, 2.05) is 0 Å². The molecule has 2 heteroatoms. The van der Waals surface area contributed by atoms with Gasteiger partial charge in [0.15, 0.2) is 0 Å². The van der Waals surface area contributed by atoms with Gasteiger partial charge >= 0.3 is 0 Å². The van der Waals surface area contributed by atoms with Gasteiger partial charge in [0.25, 0.3) is 0 Å². The summed E-state index contributed by atoms with van der Waals surface area (Å²) in [7, 11) is 0. The average molecular weight is 174 g/mol. The molecule has 1 N–H and O–H groups in total. The van der Waals surface area contributed by atoms with Crippen LogP contribution in [0.15, 0.2) is 0 Å². The number of aliphatic hydroxyl groups excluding tert-OH is 1. The smallest absolute Gasteiger partial charge is 0.0436 e. The quantitative estimate of drug-likeness (QED) is 0.708. The van der Waals surface area contributed by atoms with E-state index in [-0.39, 0.29) is 0 Å². The molecule has 1 aliphatic rings. The number of hydrogen-bond donors (Lipinski definition) is 1. The molecule has 1 aliphatic heterocycles. The minimum atomic E-state index is 0.337. The molecule has 0 spiro atoms. The SMILES string of the molecule is CC(C)(CCO)C1CCCS1. The molecule has 1 atom stereocenters. The highest BCUT2D eigenvalue weighted by Crippen LogP contribution is 2.41. The number of rotatable bonds is 3. The predicted octanol–water partition coefficient (Wildman–Crippen LogP) is 2.29. The molecule has 1 nitrogen and oxygen atoms in total. The van der Waals surface area contributed by atoms with E-state index >= 15 is 0 Å². The lowest BCUT2D eigenvalue weighted by atomic mass is 9.84. The molecule has 11 heavy (non-hydrogen) atoms. The van der Waals surface area contributed by atoms with Crippen LogP contribution in [0.25, 0.3) is 0 Å². The highest BCUT2D eigenvalue weighted by Gasteiger charge is 2.31. The van der Waals surface area contributed by atoms with Crippen LogP contribution < -0.4 is 0 Å². The van der Waals surface area contributed by atoms with E-state index in [4.69, 9.17) is 5.11 Å². The average Bonchev–Trinajstić information content (AvgIpc) is 2.37. The summed E-state index contributed by atoms with van der Waals surface area (Å²) in [5.74, 6) is 1.32. The molecule has 0 bridgehead atoms. The van der Waals surface area contributed by atoms with Crippen molar-refractivity contribution in [2.24, 2.45) is 5.41 Å². The summed E-state index contributed by atoms with van der Waals surface area (Å²) < 4.78 is 0. The van der Waals surface area contributed by atoms with Crippen LogP contribution in [-0.2, 0) is 0 Å². The second-order valence-electron chi connectivity index (χ2n) is 3.96. The van der Waals surface area contributed by atoms with Crippen molar-refractivity contribution in [3.63, 3.8) is 0 Å². The Bertz CT molecular complexity index is 117.